The van der Waals surface area contributed by atoms with Crippen LogP contribution >= 0.6 is 0 Å². The second-order valence-electron chi connectivity index (χ2n) is 14.6. The minimum absolute atomic E-state index is 0.00812. The van der Waals surface area contributed by atoms with Crippen molar-refractivity contribution >= 4 is 41.4 Å². The quantitative estimate of drug-likeness (QED) is 0.0960. The first-order valence-electron chi connectivity index (χ1n) is 18.9. The second-order valence-corrected chi connectivity index (χ2v) is 14.6. The molecule has 1 aliphatic heterocycles. The van der Waals surface area contributed by atoms with E-state index in [-0.39, 0.29) is 57.5 Å². The van der Waals surface area contributed by atoms with E-state index in [9.17, 15) is 38.7 Å². The average Bonchev–Trinajstić information content (AvgIpc) is 3.13. The Morgan fingerprint density at radius 3 is 1.62 bits per heavy atom. The lowest BCUT2D eigenvalue weighted by atomic mass is 9.87. The number of nitrogens with two attached hydrogens (primary N) is 1. The Labute approximate surface area is 322 Å². The van der Waals surface area contributed by atoms with Gasteiger partial charge in [-0.3, -0.25) is 28.8 Å². The van der Waals surface area contributed by atoms with Crippen LogP contribution in [-0.2, 0) is 46.4 Å². The third kappa shape index (κ3) is 14.1. The van der Waals surface area contributed by atoms with Crippen molar-refractivity contribution in [3.8, 4) is 0 Å². The van der Waals surface area contributed by atoms with E-state index in [1.807, 2.05) is 74.5 Å². The highest BCUT2D eigenvalue weighted by Crippen LogP contribution is 2.24. The van der Waals surface area contributed by atoms with Gasteiger partial charge in [0.05, 0.1) is 0 Å². The summed E-state index contributed by atoms with van der Waals surface area (Å²) in [6.07, 6.45) is 1.87. The normalized spacial score (nSPS) is 15.8. The maximum atomic E-state index is 14.1. The van der Waals surface area contributed by atoms with Gasteiger partial charge in [-0.05, 0) is 62.1 Å². The van der Waals surface area contributed by atoms with E-state index < -0.39 is 71.1 Å². The number of hydrogen-bond acceptors (Lipinski definition) is 8. The number of amides is 6. The van der Waals surface area contributed by atoms with Gasteiger partial charge in [-0.15, -0.1) is 0 Å². The van der Waals surface area contributed by atoms with Crippen molar-refractivity contribution in [2.24, 2.45) is 11.7 Å². The standard InChI is InChI=1S/C40H57N7O8/c1-26(2)23-32(35(50)43-31(17-11-12-20-41)38(53)47-21-18-40(19-22-47,39(54)55)46-28(4)49)44-37(52)34(25-30-15-9-6-10-16-30)45-36(51)33(42-27(3)48)24-29-13-7-5-8-14-29/h5-10,13-16,26,31-34H,11-12,17-25,41H2,1-4H3,(H,42,48)(H,43,50)(H,44,52)(H,45,51)(H,46,49)(H,54,55)/t31-,32-,33-,34-/m1/s1. The summed E-state index contributed by atoms with van der Waals surface area (Å²) in [5.74, 6) is -4.33. The molecule has 1 fully saturated rings. The van der Waals surface area contributed by atoms with Gasteiger partial charge in [0, 0.05) is 39.8 Å². The maximum absolute atomic E-state index is 14.1. The van der Waals surface area contributed by atoms with Crippen LogP contribution in [0.25, 0.3) is 0 Å². The number of rotatable bonds is 20. The topological polar surface area (TPSA) is 229 Å². The molecule has 55 heavy (non-hydrogen) atoms. The van der Waals surface area contributed by atoms with Crippen molar-refractivity contribution in [3.05, 3.63) is 71.8 Å². The number of carboxylic acid groups (broad SMARTS) is 1. The molecule has 0 spiro atoms. The van der Waals surface area contributed by atoms with Crippen molar-refractivity contribution < 1.29 is 38.7 Å². The summed E-state index contributed by atoms with van der Waals surface area (Å²) in [7, 11) is 0. The van der Waals surface area contributed by atoms with Crippen LogP contribution in [0.2, 0.25) is 0 Å². The molecule has 15 heteroatoms. The smallest absolute Gasteiger partial charge is 0.329 e. The first-order valence-corrected chi connectivity index (χ1v) is 18.9. The van der Waals surface area contributed by atoms with E-state index in [2.05, 4.69) is 26.6 Å². The molecular weight excluding hydrogens is 706 g/mol. The van der Waals surface area contributed by atoms with Gasteiger partial charge in [0.15, 0.2) is 0 Å². The number of nitrogens with one attached hydrogen (secondary N) is 5. The monoisotopic (exact) mass is 763 g/mol. The van der Waals surface area contributed by atoms with Crippen LogP contribution in [0, 0.1) is 5.92 Å². The second kappa shape index (κ2) is 21.5. The summed E-state index contributed by atoms with van der Waals surface area (Å²) < 4.78 is 0. The predicted molar refractivity (Wildman–Crippen MR) is 206 cm³/mol. The Balaban J connectivity index is 1.83. The Bertz CT molecular complexity index is 1610. The summed E-state index contributed by atoms with van der Waals surface area (Å²) in [6, 6.07) is 14.1. The molecule has 0 bridgehead atoms. The molecule has 300 valence electrons. The number of hydrogen-bond donors (Lipinski definition) is 7. The van der Waals surface area contributed by atoms with E-state index >= 15 is 0 Å². The average molecular weight is 764 g/mol. The minimum atomic E-state index is -1.50. The Kier molecular flexibility index (Phi) is 17.3. The number of benzene rings is 2. The SMILES string of the molecule is CC(=O)N[C@H](Cc1ccccc1)C(=O)N[C@H](Cc1ccccc1)C(=O)N[C@H](CC(C)C)C(=O)N[C@H](CCCCN)C(=O)N1CCC(NC(C)=O)(C(=O)O)CC1. The number of unbranched alkanes of at least 4 members (excludes halogenated alkanes) is 1. The molecule has 6 amide bonds. The van der Waals surface area contributed by atoms with Gasteiger partial charge in [-0.25, -0.2) is 4.79 Å². The summed E-state index contributed by atoms with van der Waals surface area (Å²) in [5.41, 5.74) is 5.78. The highest BCUT2D eigenvalue weighted by atomic mass is 16.4. The molecule has 0 unspecified atom stereocenters. The molecule has 2 aromatic rings. The third-order valence-electron chi connectivity index (χ3n) is 9.55. The van der Waals surface area contributed by atoms with Crippen LogP contribution < -0.4 is 32.3 Å². The van der Waals surface area contributed by atoms with E-state index in [1.54, 1.807) is 0 Å². The number of carboxylic acids is 1. The van der Waals surface area contributed by atoms with Crippen LogP contribution in [0.1, 0.15) is 77.3 Å². The third-order valence-corrected chi connectivity index (χ3v) is 9.55. The fourth-order valence-corrected chi connectivity index (χ4v) is 6.69. The van der Waals surface area contributed by atoms with Gasteiger partial charge >= 0.3 is 5.97 Å². The number of carbonyl (C=O) groups is 7. The summed E-state index contributed by atoms with van der Waals surface area (Å²) in [5, 5.41) is 23.6. The van der Waals surface area contributed by atoms with Gasteiger partial charge in [0.1, 0.15) is 29.7 Å². The van der Waals surface area contributed by atoms with Gasteiger partial charge < -0.3 is 42.3 Å². The maximum Gasteiger partial charge on any atom is 0.329 e. The molecule has 8 N–H and O–H groups in total. The fourth-order valence-electron chi connectivity index (χ4n) is 6.69. The number of aliphatic carboxylic acids is 1. The summed E-state index contributed by atoms with van der Waals surface area (Å²) in [6.45, 7) is 6.80. The zero-order valence-corrected chi connectivity index (χ0v) is 32.3. The molecule has 4 atom stereocenters. The highest BCUT2D eigenvalue weighted by molar-refractivity contribution is 5.96. The van der Waals surface area contributed by atoms with E-state index in [4.69, 9.17) is 5.73 Å². The largest absolute Gasteiger partial charge is 0.480 e. The van der Waals surface area contributed by atoms with Crippen molar-refractivity contribution in [1.29, 1.82) is 0 Å². The molecule has 0 aliphatic carbocycles. The molecule has 15 nitrogen and oxygen atoms in total. The van der Waals surface area contributed by atoms with E-state index in [1.165, 1.54) is 18.7 Å². The van der Waals surface area contributed by atoms with Crippen molar-refractivity contribution in [1.82, 2.24) is 31.5 Å². The molecule has 0 saturated carbocycles. The predicted octanol–water partition coefficient (Wildman–Crippen LogP) is 1.19. The number of piperidine rings is 1. The number of likely N-dealkylation sites (tertiary alicyclic amines) is 1. The van der Waals surface area contributed by atoms with Crippen molar-refractivity contribution in [2.75, 3.05) is 19.6 Å². The first kappa shape index (κ1) is 44.1. The first-order chi connectivity index (χ1) is 26.1. The lowest BCUT2D eigenvalue weighted by Crippen LogP contribution is -2.62. The van der Waals surface area contributed by atoms with Crippen LogP contribution in [0.15, 0.2) is 60.7 Å². The highest BCUT2D eigenvalue weighted by Gasteiger charge is 2.44. The summed E-state index contributed by atoms with van der Waals surface area (Å²) >= 11 is 0. The van der Waals surface area contributed by atoms with Gasteiger partial charge in [0.25, 0.3) is 0 Å². The lowest BCUT2D eigenvalue weighted by molar-refractivity contribution is -0.152. The Hall–Kier alpha value is -5.31. The molecule has 1 heterocycles. The summed E-state index contributed by atoms with van der Waals surface area (Å²) in [4.78, 5) is 93.2. The zero-order valence-electron chi connectivity index (χ0n) is 32.3. The van der Waals surface area contributed by atoms with Crippen molar-refractivity contribution in [2.45, 2.75) is 109 Å². The van der Waals surface area contributed by atoms with E-state index in [0.29, 0.717) is 19.4 Å². The number of nitrogens with zero attached hydrogens (tertiary/aromatic N) is 1. The molecular formula is C40H57N7O8. The van der Waals surface area contributed by atoms with Crippen LogP contribution in [0.4, 0.5) is 0 Å². The minimum Gasteiger partial charge on any atom is -0.480 e. The molecule has 1 aliphatic rings. The van der Waals surface area contributed by atoms with Crippen molar-refractivity contribution in [3.63, 3.8) is 0 Å². The van der Waals surface area contributed by atoms with Crippen LogP contribution in [0.5, 0.6) is 0 Å². The molecule has 0 radical (unpaired) electrons. The Morgan fingerprint density at radius 1 is 0.691 bits per heavy atom. The molecule has 2 aromatic carbocycles. The zero-order chi connectivity index (χ0) is 40.5. The molecule has 3 rings (SSSR count). The Morgan fingerprint density at radius 2 is 1.16 bits per heavy atom. The van der Waals surface area contributed by atoms with E-state index in [0.717, 1.165) is 11.1 Å². The van der Waals surface area contributed by atoms with Crippen LogP contribution in [-0.4, -0.2) is 101 Å². The molecule has 1 saturated heterocycles. The lowest BCUT2D eigenvalue weighted by Gasteiger charge is -2.40. The van der Waals surface area contributed by atoms with Gasteiger partial charge in [-0.1, -0.05) is 74.5 Å². The fraction of sp³-hybridized carbons (Fsp3) is 0.525. The van der Waals surface area contributed by atoms with Gasteiger partial charge in [0.2, 0.25) is 35.4 Å². The molecule has 0 aromatic heterocycles. The number of carbonyl (C=O) groups excluding carboxylic acids is 6. The van der Waals surface area contributed by atoms with Crippen LogP contribution in [0.3, 0.4) is 0 Å². The van der Waals surface area contributed by atoms with Gasteiger partial charge in [-0.2, -0.15) is 0 Å².